The van der Waals surface area contributed by atoms with Crippen LogP contribution in [-0.2, 0) is 0 Å². The van der Waals surface area contributed by atoms with E-state index in [9.17, 15) is 0 Å². The zero-order valence-electron chi connectivity index (χ0n) is 6.03. The number of hydrogen-bond acceptors (Lipinski definition) is 1. The second-order valence-corrected chi connectivity index (χ2v) is 2.06. The molecule has 0 radical (unpaired) electrons. The first-order valence-corrected chi connectivity index (χ1v) is 3.11. The van der Waals surface area contributed by atoms with Crippen LogP contribution in [0.3, 0.4) is 0 Å². The molecule has 1 rings (SSSR count). The first-order chi connectivity index (χ1) is 4.84. The van der Waals surface area contributed by atoms with E-state index < -0.39 is 0 Å². The van der Waals surface area contributed by atoms with Crippen LogP contribution >= 0.6 is 12.4 Å². The van der Waals surface area contributed by atoms with Crippen LogP contribution in [0, 0.1) is 12.3 Å². The maximum Gasteiger partial charge on any atom is 0.0918 e. The van der Waals surface area contributed by atoms with Gasteiger partial charge in [0.1, 0.15) is 0 Å². The van der Waals surface area contributed by atoms with Crippen molar-refractivity contribution >= 4 is 12.4 Å². The highest BCUT2D eigenvalue weighted by Crippen LogP contribution is 2.06. The molecule has 11 heavy (non-hydrogen) atoms. The molecule has 0 aliphatic rings. The van der Waals surface area contributed by atoms with Gasteiger partial charge in [0.15, 0.2) is 0 Å². The monoisotopic (exact) mass is 167 g/mol. The summed E-state index contributed by atoms with van der Waals surface area (Å²) in [5.41, 5.74) is 6.55. The van der Waals surface area contributed by atoms with Crippen molar-refractivity contribution in [3.63, 3.8) is 0 Å². The molecule has 0 aromatic heterocycles. The van der Waals surface area contributed by atoms with Crippen molar-refractivity contribution in [1.29, 1.82) is 0 Å². The van der Waals surface area contributed by atoms with Crippen molar-refractivity contribution in [3.05, 3.63) is 35.9 Å². The summed E-state index contributed by atoms with van der Waals surface area (Å²) in [6.45, 7) is 0. The molecule has 0 aliphatic carbocycles. The third-order valence-electron chi connectivity index (χ3n) is 1.34. The fourth-order valence-electron chi connectivity index (χ4n) is 0.757. The summed E-state index contributed by atoms with van der Waals surface area (Å²) < 4.78 is 0. The zero-order valence-corrected chi connectivity index (χ0v) is 6.84. The van der Waals surface area contributed by atoms with Crippen molar-refractivity contribution in [3.8, 4) is 12.3 Å². The molecule has 2 N–H and O–H groups in total. The van der Waals surface area contributed by atoms with Crippen LogP contribution in [0.2, 0.25) is 0 Å². The van der Waals surface area contributed by atoms with Gasteiger partial charge < -0.3 is 5.73 Å². The molecule has 0 fully saturated rings. The molecule has 1 aromatic carbocycles. The van der Waals surface area contributed by atoms with Gasteiger partial charge in [-0.1, -0.05) is 36.3 Å². The molecule has 1 atom stereocenters. The maximum absolute atomic E-state index is 5.56. The van der Waals surface area contributed by atoms with Gasteiger partial charge in [0.05, 0.1) is 6.04 Å². The van der Waals surface area contributed by atoms with Gasteiger partial charge >= 0.3 is 0 Å². The quantitative estimate of drug-likeness (QED) is 0.634. The number of halogens is 1. The first-order valence-electron chi connectivity index (χ1n) is 3.11. The fourth-order valence-corrected chi connectivity index (χ4v) is 0.757. The van der Waals surface area contributed by atoms with E-state index >= 15 is 0 Å². The molecule has 0 bridgehead atoms. The second-order valence-electron chi connectivity index (χ2n) is 2.06. The first kappa shape index (κ1) is 10.0. The molecular formula is C9H10ClN. The SMILES string of the molecule is C#C[C@@H](N)c1ccccc1.Cl. The van der Waals surface area contributed by atoms with Crippen molar-refractivity contribution in [2.75, 3.05) is 0 Å². The number of benzene rings is 1. The molecule has 1 nitrogen and oxygen atoms in total. The maximum atomic E-state index is 5.56. The Labute approximate surface area is 73.0 Å². The van der Waals surface area contributed by atoms with Crippen LogP contribution in [0.25, 0.3) is 0 Å². The summed E-state index contributed by atoms with van der Waals surface area (Å²) in [7, 11) is 0. The van der Waals surface area contributed by atoms with Crippen molar-refractivity contribution in [1.82, 2.24) is 0 Å². The lowest BCUT2D eigenvalue weighted by molar-refractivity contribution is 0.946. The lowest BCUT2D eigenvalue weighted by Gasteiger charge is -2.01. The summed E-state index contributed by atoms with van der Waals surface area (Å²) in [5.74, 6) is 2.46. The Bertz CT molecular complexity index is 237. The van der Waals surface area contributed by atoms with E-state index in [1.807, 2.05) is 30.3 Å². The fraction of sp³-hybridized carbons (Fsp3) is 0.111. The van der Waals surface area contributed by atoms with Gasteiger partial charge in [0, 0.05) is 0 Å². The third-order valence-corrected chi connectivity index (χ3v) is 1.34. The van der Waals surface area contributed by atoms with E-state index in [2.05, 4.69) is 5.92 Å². The van der Waals surface area contributed by atoms with E-state index in [0.29, 0.717) is 0 Å². The minimum Gasteiger partial charge on any atom is -0.314 e. The number of hydrogen-bond donors (Lipinski definition) is 1. The van der Waals surface area contributed by atoms with Crippen LogP contribution in [-0.4, -0.2) is 0 Å². The smallest absolute Gasteiger partial charge is 0.0918 e. The van der Waals surface area contributed by atoms with Crippen LogP contribution in [0.5, 0.6) is 0 Å². The summed E-state index contributed by atoms with van der Waals surface area (Å²) in [5, 5.41) is 0. The summed E-state index contributed by atoms with van der Waals surface area (Å²) in [6, 6.07) is 9.36. The number of rotatable bonds is 1. The largest absolute Gasteiger partial charge is 0.314 e. The Hall–Kier alpha value is -0.970. The highest BCUT2D eigenvalue weighted by Gasteiger charge is 1.97. The van der Waals surface area contributed by atoms with E-state index in [1.54, 1.807) is 0 Å². The molecule has 2 heteroatoms. The average Bonchev–Trinajstić information content (AvgIpc) is 2.05. The molecule has 0 spiro atoms. The second kappa shape index (κ2) is 4.79. The molecule has 1 aromatic rings. The zero-order chi connectivity index (χ0) is 7.40. The van der Waals surface area contributed by atoms with Gasteiger partial charge in [-0.15, -0.1) is 18.8 Å². The standard InChI is InChI=1S/C9H9N.ClH/c1-2-9(10)8-6-4-3-5-7-8;/h1,3-7,9H,10H2;1H/t9-;/m1./s1. The van der Waals surface area contributed by atoms with E-state index in [-0.39, 0.29) is 18.4 Å². The predicted octanol–water partition coefficient (Wildman–Crippen LogP) is 1.74. The van der Waals surface area contributed by atoms with E-state index in [0.717, 1.165) is 5.56 Å². The van der Waals surface area contributed by atoms with E-state index in [4.69, 9.17) is 12.2 Å². The number of terminal acetylenes is 1. The van der Waals surface area contributed by atoms with Crippen LogP contribution in [0.4, 0.5) is 0 Å². The van der Waals surface area contributed by atoms with Crippen LogP contribution in [0.15, 0.2) is 30.3 Å². The summed E-state index contributed by atoms with van der Waals surface area (Å²) in [6.07, 6.45) is 5.13. The Morgan fingerprint density at radius 3 is 2.27 bits per heavy atom. The topological polar surface area (TPSA) is 26.0 Å². The Balaban J connectivity index is 0.000001000. The lowest BCUT2D eigenvalue weighted by atomic mass is 10.1. The van der Waals surface area contributed by atoms with E-state index in [1.165, 1.54) is 0 Å². The van der Waals surface area contributed by atoms with Gasteiger partial charge in [0.25, 0.3) is 0 Å². The van der Waals surface area contributed by atoms with Crippen molar-refractivity contribution in [2.45, 2.75) is 6.04 Å². The lowest BCUT2D eigenvalue weighted by Crippen LogP contribution is -2.06. The van der Waals surface area contributed by atoms with Gasteiger partial charge in [-0.05, 0) is 5.56 Å². The molecule has 0 saturated carbocycles. The highest BCUT2D eigenvalue weighted by molar-refractivity contribution is 5.85. The molecule has 58 valence electrons. The Morgan fingerprint density at radius 1 is 1.27 bits per heavy atom. The minimum absolute atomic E-state index is 0. The van der Waals surface area contributed by atoms with Gasteiger partial charge in [-0.2, -0.15) is 0 Å². The molecule has 0 heterocycles. The summed E-state index contributed by atoms with van der Waals surface area (Å²) in [4.78, 5) is 0. The van der Waals surface area contributed by atoms with Crippen molar-refractivity contribution < 1.29 is 0 Å². The third kappa shape index (κ3) is 2.63. The van der Waals surface area contributed by atoms with Gasteiger partial charge in [-0.3, -0.25) is 0 Å². The normalized spacial score (nSPS) is 10.9. The summed E-state index contributed by atoms with van der Waals surface area (Å²) >= 11 is 0. The number of nitrogens with two attached hydrogens (primary N) is 1. The Morgan fingerprint density at radius 2 is 1.82 bits per heavy atom. The molecule has 0 amide bonds. The van der Waals surface area contributed by atoms with Crippen LogP contribution < -0.4 is 5.73 Å². The molecule has 0 aliphatic heterocycles. The van der Waals surface area contributed by atoms with Crippen LogP contribution in [0.1, 0.15) is 11.6 Å². The van der Waals surface area contributed by atoms with Gasteiger partial charge in [0.2, 0.25) is 0 Å². The molecule has 0 unspecified atom stereocenters. The molecular weight excluding hydrogens is 158 g/mol. The minimum atomic E-state index is -0.263. The predicted molar refractivity (Wildman–Crippen MR) is 49.5 cm³/mol. The van der Waals surface area contributed by atoms with Gasteiger partial charge in [-0.25, -0.2) is 0 Å². The molecule has 0 saturated heterocycles. The Kier molecular flexibility index (Phi) is 4.36. The highest BCUT2D eigenvalue weighted by atomic mass is 35.5. The van der Waals surface area contributed by atoms with Crippen molar-refractivity contribution in [2.24, 2.45) is 5.73 Å². The average molecular weight is 168 g/mol.